The van der Waals surface area contributed by atoms with Crippen LogP contribution < -0.4 is 0 Å². The van der Waals surface area contributed by atoms with E-state index < -0.39 is 0 Å². The molecule has 80 valence electrons. The summed E-state index contributed by atoms with van der Waals surface area (Å²) in [5.41, 5.74) is 2.77. The number of H-pyrrole nitrogens is 1. The van der Waals surface area contributed by atoms with E-state index in [2.05, 4.69) is 36.4 Å². The number of benzene rings is 1. The standard InChI is InChI=1S/C10H8BrN5/c1-16-8(5-12-15-16)10-6-3-2-4-7(11)9(6)13-14-10/h2-5H,1H3,(H,13,14). The molecule has 0 radical (unpaired) electrons. The Morgan fingerprint density at radius 3 is 3.00 bits per heavy atom. The summed E-state index contributed by atoms with van der Waals surface area (Å²) < 4.78 is 2.69. The molecule has 0 atom stereocenters. The molecule has 6 heteroatoms. The number of hydrogen-bond acceptors (Lipinski definition) is 3. The van der Waals surface area contributed by atoms with E-state index in [9.17, 15) is 0 Å². The summed E-state index contributed by atoms with van der Waals surface area (Å²) in [6.07, 6.45) is 1.72. The third-order valence-corrected chi connectivity index (χ3v) is 3.15. The summed E-state index contributed by atoms with van der Waals surface area (Å²) in [5.74, 6) is 0. The summed E-state index contributed by atoms with van der Waals surface area (Å²) in [5, 5.41) is 16.1. The van der Waals surface area contributed by atoms with Gasteiger partial charge >= 0.3 is 0 Å². The Kier molecular flexibility index (Phi) is 2.03. The van der Waals surface area contributed by atoms with Crippen LogP contribution in [-0.2, 0) is 7.05 Å². The van der Waals surface area contributed by atoms with Gasteiger partial charge in [0.25, 0.3) is 0 Å². The summed E-state index contributed by atoms with van der Waals surface area (Å²) >= 11 is 3.47. The first kappa shape index (κ1) is 9.53. The lowest BCUT2D eigenvalue weighted by Crippen LogP contribution is -1.94. The van der Waals surface area contributed by atoms with Crippen molar-refractivity contribution in [2.45, 2.75) is 0 Å². The van der Waals surface area contributed by atoms with Gasteiger partial charge in [0, 0.05) is 16.9 Å². The minimum Gasteiger partial charge on any atom is -0.275 e. The van der Waals surface area contributed by atoms with E-state index in [0.717, 1.165) is 26.8 Å². The van der Waals surface area contributed by atoms with E-state index in [4.69, 9.17) is 0 Å². The Balaban J connectivity index is 2.34. The largest absolute Gasteiger partial charge is 0.275 e. The minimum atomic E-state index is 0.915. The summed E-state index contributed by atoms with van der Waals surface area (Å²) in [4.78, 5) is 0. The van der Waals surface area contributed by atoms with Gasteiger partial charge in [0.05, 0.1) is 11.9 Å². The number of hydrogen-bond donors (Lipinski definition) is 1. The van der Waals surface area contributed by atoms with Gasteiger partial charge in [-0.15, -0.1) is 5.10 Å². The number of aryl methyl sites for hydroxylation is 1. The predicted molar refractivity (Wildman–Crippen MR) is 63.8 cm³/mol. The molecule has 1 aromatic carbocycles. The quantitative estimate of drug-likeness (QED) is 0.741. The first-order chi connectivity index (χ1) is 7.77. The van der Waals surface area contributed by atoms with Gasteiger partial charge in [-0.3, -0.25) is 5.10 Å². The summed E-state index contributed by atoms with van der Waals surface area (Å²) in [6.45, 7) is 0. The van der Waals surface area contributed by atoms with Crippen LogP contribution in [-0.4, -0.2) is 25.2 Å². The van der Waals surface area contributed by atoms with Gasteiger partial charge in [0.1, 0.15) is 11.2 Å². The van der Waals surface area contributed by atoms with Crippen molar-refractivity contribution in [1.82, 2.24) is 25.2 Å². The molecule has 0 unspecified atom stereocenters. The van der Waals surface area contributed by atoms with Crippen molar-refractivity contribution in [2.75, 3.05) is 0 Å². The van der Waals surface area contributed by atoms with Crippen LogP contribution in [0.1, 0.15) is 0 Å². The van der Waals surface area contributed by atoms with E-state index in [0.29, 0.717) is 0 Å². The molecule has 0 saturated heterocycles. The Morgan fingerprint density at radius 2 is 2.25 bits per heavy atom. The van der Waals surface area contributed by atoms with Crippen molar-refractivity contribution in [3.05, 3.63) is 28.9 Å². The summed E-state index contributed by atoms with van der Waals surface area (Å²) in [7, 11) is 1.85. The van der Waals surface area contributed by atoms with E-state index in [1.54, 1.807) is 10.9 Å². The minimum absolute atomic E-state index is 0.915. The fourth-order valence-corrected chi connectivity index (χ4v) is 2.17. The molecule has 0 spiro atoms. The fraction of sp³-hybridized carbons (Fsp3) is 0.100. The molecule has 1 N–H and O–H groups in total. The maximum Gasteiger partial charge on any atom is 0.107 e. The number of nitrogens with zero attached hydrogens (tertiary/aromatic N) is 4. The Labute approximate surface area is 99.6 Å². The van der Waals surface area contributed by atoms with Gasteiger partial charge in [-0.25, -0.2) is 4.68 Å². The second-order valence-electron chi connectivity index (χ2n) is 3.48. The van der Waals surface area contributed by atoms with E-state index in [1.165, 1.54) is 0 Å². The second-order valence-corrected chi connectivity index (χ2v) is 4.33. The number of rotatable bonds is 1. The van der Waals surface area contributed by atoms with Crippen LogP contribution in [0.5, 0.6) is 0 Å². The second kappa shape index (κ2) is 3.41. The zero-order valence-corrected chi connectivity index (χ0v) is 10.1. The topological polar surface area (TPSA) is 59.4 Å². The molecule has 0 amide bonds. The highest BCUT2D eigenvalue weighted by Gasteiger charge is 2.12. The number of halogens is 1. The first-order valence-electron chi connectivity index (χ1n) is 4.75. The molecule has 5 nitrogen and oxygen atoms in total. The summed E-state index contributed by atoms with van der Waals surface area (Å²) in [6, 6.07) is 5.97. The van der Waals surface area contributed by atoms with E-state index in [1.807, 2.05) is 25.2 Å². The molecular weight excluding hydrogens is 270 g/mol. The lowest BCUT2D eigenvalue weighted by molar-refractivity contribution is 0.719. The number of aromatic nitrogens is 5. The van der Waals surface area contributed by atoms with Crippen LogP contribution in [0.3, 0.4) is 0 Å². The Bertz CT molecular complexity index is 654. The highest BCUT2D eigenvalue weighted by Crippen LogP contribution is 2.29. The van der Waals surface area contributed by atoms with Crippen LogP contribution in [0.25, 0.3) is 22.3 Å². The van der Waals surface area contributed by atoms with Crippen molar-refractivity contribution >= 4 is 26.8 Å². The van der Waals surface area contributed by atoms with Crippen LogP contribution in [0.15, 0.2) is 28.9 Å². The van der Waals surface area contributed by atoms with E-state index in [-0.39, 0.29) is 0 Å². The normalized spacial score (nSPS) is 11.1. The number of para-hydroxylation sites is 1. The molecule has 3 rings (SSSR count). The van der Waals surface area contributed by atoms with Crippen LogP contribution in [0, 0.1) is 0 Å². The lowest BCUT2D eigenvalue weighted by Gasteiger charge is -1.97. The van der Waals surface area contributed by atoms with Crippen LogP contribution >= 0.6 is 15.9 Å². The van der Waals surface area contributed by atoms with Crippen molar-refractivity contribution < 1.29 is 0 Å². The molecule has 3 aromatic rings. The molecule has 2 aromatic heterocycles. The molecule has 0 aliphatic rings. The Hall–Kier alpha value is -1.69. The molecule has 0 aliphatic carbocycles. The smallest absolute Gasteiger partial charge is 0.107 e. The van der Waals surface area contributed by atoms with Gasteiger partial charge in [-0.2, -0.15) is 5.10 Å². The molecular formula is C10H8BrN5. The fourth-order valence-electron chi connectivity index (χ4n) is 1.71. The van der Waals surface area contributed by atoms with Crippen molar-refractivity contribution in [3.63, 3.8) is 0 Å². The van der Waals surface area contributed by atoms with Gasteiger partial charge < -0.3 is 0 Å². The average Bonchev–Trinajstić information content (AvgIpc) is 2.84. The van der Waals surface area contributed by atoms with E-state index >= 15 is 0 Å². The maximum absolute atomic E-state index is 4.27. The zero-order valence-electron chi connectivity index (χ0n) is 8.48. The van der Waals surface area contributed by atoms with Gasteiger partial charge in [-0.05, 0) is 22.0 Å². The number of aromatic amines is 1. The zero-order chi connectivity index (χ0) is 11.1. The highest BCUT2D eigenvalue weighted by atomic mass is 79.9. The van der Waals surface area contributed by atoms with Crippen molar-refractivity contribution in [3.8, 4) is 11.4 Å². The Morgan fingerprint density at radius 1 is 1.38 bits per heavy atom. The van der Waals surface area contributed by atoms with Crippen LogP contribution in [0.4, 0.5) is 0 Å². The molecule has 0 bridgehead atoms. The van der Waals surface area contributed by atoms with Crippen molar-refractivity contribution in [1.29, 1.82) is 0 Å². The predicted octanol–water partition coefficient (Wildman–Crippen LogP) is 2.12. The highest BCUT2D eigenvalue weighted by molar-refractivity contribution is 9.10. The SMILES string of the molecule is Cn1nncc1-c1[nH]nc2c(Br)cccc12. The molecule has 0 aliphatic heterocycles. The van der Waals surface area contributed by atoms with Gasteiger partial charge in [-0.1, -0.05) is 17.3 Å². The third kappa shape index (κ3) is 1.26. The van der Waals surface area contributed by atoms with Crippen LogP contribution in [0.2, 0.25) is 0 Å². The van der Waals surface area contributed by atoms with Crippen molar-refractivity contribution in [2.24, 2.45) is 7.05 Å². The number of nitrogens with one attached hydrogen (secondary N) is 1. The molecule has 2 heterocycles. The molecule has 16 heavy (non-hydrogen) atoms. The first-order valence-corrected chi connectivity index (χ1v) is 5.54. The molecule has 0 fully saturated rings. The van der Waals surface area contributed by atoms with Gasteiger partial charge in [0.2, 0.25) is 0 Å². The average molecular weight is 278 g/mol. The third-order valence-electron chi connectivity index (χ3n) is 2.51. The maximum atomic E-state index is 4.27. The lowest BCUT2D eigenvalue weighted by atomic mass is 10.2. The van der Waals surface area contributed by atoms with Gasteiger partial charge in [0.15, 0.2) is 0 Å². The molecule has 0 saturated carbocycles. The number of fused-ring (bicyclic) bond motifs is 1. The monoisotopic (exact) mass is 277 g/mol.